The van der Waals surface area contributed by atoms with Crippen LogP contribution in [0.4, 0.5) is 14.5 Å². The van der Waals surface area contributed by atoms with E-state index >= 15 is 0 Å². The molecule has 2 aromatic rings. The van der Waals surface area contributed by atoms with Crippen molar-refractivity contribution in [1.29, 1.82) is 0 Å². The predicted molar refractivity (Wildman–Crippen MR) is 75.5 cm³/mol. The Bertz CT molecular complexity index is 609. The normalized spacial score (nSPS) is 25.4. The molecule has 104 valence electrons. The van der Waals surface area contributed by atoms with E-state index in [2.05, 4.69) is 4.90 Å². The van der Waals surface area contributed by atoms with Crippen molar-refractivity contribution in [3.8, 4) is 0 Å². The van der Waals surface area contributed by atoms with Crippen molar-refractivity contribution >= 4 is 5.69 Å². The molecule has 1 aliphatic rings. The summed E-state index contributed by atoms with van der Waals surface area (Å²) in [5.41, 5.74) is 7.65. The van der Waals surface area contributed by atoms with E-state index in [9.17, 15) is 8.78 Å². The Morgan fingerprint density at radius 1 is 1.00 bits per heavy atom. The highest BCUT2D eigenvalue weighted by molar-refractivity contribution is 5.56. The van der Waals surface area contributed by atoms with Crippen molar-refractivity contribution in [2.24, 2.45) is 5.73 Å². The molecule has 0 spiro atoms. The van der Waals surface area contributed by atoms with Gasteiger partial charge >= 0.3 is 0 Å². The van der Waals surface area contributed by atoms with Gasteiger partial charge in [0, 0.05) is 18.3 Å². The predicted octanol–water partition coefficient (Wildman–Crippen LogP) is 3.03. The molecular formula is C16H16F2N2. The van der Waals surface area contributed by atoms with Crippen LogP contribution >= 0.6 is 0 Å². The van der Waals surface area contributed by atoms with Gasteiger partial charge in [0.05, 0.1) is 5.54 Å². The van der Waals surface area contributed by atoms with Gasteiger partial charge in [-0.05, 0) is 48.9 Å². The van der Waals surface area contributed by atoms with Gasteiger partial charge in [0.2, 0.25) is 0 Å². The molecule has 0 aliphatic carbocycles. The molecule has 20 heavy (non-hydrogen) atoms. The highest BCUT2D eigenvalue weighted by atomic mass is 19.1. The fourth-order valence-electron chi connectivity index (χ4n) is 2.80. The first-order valence-electron chi connectivity index (χ1n) is 6.56. The number of halogens is 2. The average molecular weight is 274 g/mol. The smallest absolute Gasteiger partial charge is 0.123 e. The maximum absolute atomic E-state index is 13.1. The maximum Gasteiger partial charge on any atom is 0.123 e. The maximum atomic E-state index is 13.1. The first-order chi connectivity index (χ1) is 9.51. The molecule has 4 heteroatoms. The molecule has 0 saturated carbocycles. The van der Waals surface area contributed by atoms with Crippen LogP contribution in [0.1, 0.15) is 12.5 Å². The zero-order valence-electron chi connectivity index (χ0n) is 11.2. The molecule has 2 nitrogen and oxygen atoms in total. The van der Waals surface area contributed by atoms with E-state index in [1.807, 2.05) is 6.92 Å². The number of nitrogens with two attached hydrogens (primary N) is 1. The van der Waals surface area contributed by atoms with E-state index in [-0.39, 0.29) is 17.7 Å². The van der Waals surface area contributed by atoms with Crippen LogP contribution in [-0.2, 0) is 5.54 Å². The molecule has 2 aromatic carbocycles. The van der Waals surface area contributed by atoms with Crippen LogP contribution in [0, 0.1) is 11.6 Å². The summed E-state index contributed by atoms with van der Waals surface area (Å²) in [7, 11) is 0. The van der Waals surface area contributed by atoms with Gasteiger partial charge in [-0.15, -0.1) is 0 Å². The minimum absolute atomic E-state index is 0.0435. The minimum Gasteiger partial charge on any atom is -0.359 e. The van der Waals surface area contributed by atoms with E-state index < -0.39 is 5.54 Å². The topological polar surface area (TPSA) is 29.3 Å². The SMILES string of the molecule is CC1(c2ccc(F)cc2)C(N)CN1c1ccc(F)cc1. The third-order valence-corrected chi connectivity index (χ3v) is 4.23. The Kier molecular flexibility index (Phi) is 2.98. The summed E-state index contributed by atoms with van der Waals surface area (Å²) in [5.74, 6) is -0.527. The second-order valence-corrected chi connectivity index (χ2v) is 5.35. The van der Waals surface area contributed by atoms with Gasteiger partial charge in [0.15, 0.2) is 0 Å². The van der Waals surface area contributed by atoms with E-state index in [4.69, 9.17) is 5.73 Å². The summed E-state index contributed by atoms with van der Waals surface area (Å²) in [6.45, 7) is 2.72. The molecule has 0 radical (unpaired) electrons. The number of nitrogens with zero attached hydrogens (tertiary/aromatic N) is 1. The molecular weight excluding hydrogens is 258 g/mol. The fourth-order valence-corrected chi connectivity index (χ4v) is 2.80. The molecule has 1 fully saturated rings. The van der Waals surface area contributed by atoms with Crippen molar-refractivity contribution in [2.45, 2.75) is 18.5 Å². The van der Waals surface area contributed by atoms with Crippen LogP contribution in [0.2, 0.25) is 0 Å². The van der Waals surface area contributed by atoms with Gasteiger partial charge in [-0.3, -0.25) is 0 Å². The zero-order valence-corrected chi connectivity index (χ0v) is 11.2. The van der Waals surface area contributed by atoms with Gasteiger partial charge in [0.1, 0.15) is 11.6 Å². The molecule has 0 bridgehead atoms. The lowest BCUT2D eigenvalue weighted by Crippen LogP contribution is -2.70. The average Bonchev–Trinajstić information content (AvgIpc) is 2.46. The zero-order chi connectivity index (χ0) is 14.3. The molecule has 1 heterocycles. The van der Waals surface area contributed by atoms with Gasteiger partial charge in [-0.25, -0.2) is 8.78 Å². The van der Waals surface area contributed by atoms with Crippen LogP contribution < -0.4 is 10.6 Å². The second kappa shape index (κ2) is 4.56. The third kappa shape index (κ3) is 1.88. The number of benzene rings is 2. The molecule has 0 amide bonds. The van der Waals surface area contributed by atoms with Crippen LogP contribution in [0.25, 0.3) is 0 Å². The van der Waals surface area contributed by atoms with Crippen molar-refractivity contribution in [1.82, 2.24) is 0 Å². The lowest BCUT2D eigenvalue weighted by atomic mass is 9.75. The van der Waals surface area contributed by atoms with Crippen LogP contribution in [0.3, 0.4) is 0 Å². The molecule has 2 N–H and O–H groups in total. The van der Waals surface area contributed by atoms with E-state index in [1.54, 1.807) is 24.3 Å². The Labute approximate surface area is 116 Å². The first kappa shape index (κ1) is 13.1. The largest absolute Gasteiger partial charge is 0.359 e. The van der Waals surface area contributed by atoms with Crippen molar-refractivity contribution in [3.63, 3.8) is 0 Å². The monoisotopic (exact) mass is 274 g/mol. The van der Waals surface area contributed by atoms with E-state index in [0.29, 0.717) is 6.54 Å². The number of hydrogen-bond donors (Lipinski definition) is 1. The first-order valence-corrected chi connectivity index (χ1v) is 6.56. The standard InChI is InChI=1S/C16H16F2N2/c1-16(11-2-4-12(17)5-3-11)15(19)10-20(16)14-8-6-13(18)7-9-14/h2-9,15H,10,19H2,1H3. The van der Waals surface area contributed by atoms with Crippen LogP contribution in [0.15, 0.2) is 48.5 Å². The highest BCUT2D eigenvalue weighted by Crippen LogP contribution is 2.42. The molecule has 2 unspecified atom stereocenters. The number of anilines is 1. The molecule has 1 aliphatic heterocycles. The highest BCUT2D eigenvalue weighted by Gasteiger charge is 2.49. The lowest BCUT2D eigenvalue weighted by Gasteiger charge is -2.57. The lowest BCUT2D eigenvalue weighted by molar-refractivity contribution is 0.253. The Balaban J connectivity index is 1.97. The molecule has 0 aromatic heterocycles. The number of rotatable bonds is 2. The van der Waals surface area contributed by atoms with Gasteiger partial charge in [0.25, 0.3) is 0 Å². The van der Waals surface area contributed by atoms with Gasteiger partial charge < -0.3 is 10.6 Å². The summed E-state index contributed by atoms with van der Waals surface area (Å²) < 4.78 is 26.1. The fraction of sp³-hybridized carbons (Fsp3) is 0.250. The summed E-state index contributed by atoms with van der Waals surface area (Å²) in [4.78, 5) is 2.12. The molecule has 1 saturated heterocycles. The molecule has 2 atom stereocenters. The van der Waals surface area contributed by atoms with Crippen LogP contribution in [-0.4, -0.2) is 12.6 Å². The van der Waals surface area contributed by atoms with Gasteiger partial charge in [-0.1, -0.05) is 12.1 Å². The summed E-state index contributed by atoms with van der Waals surface area (Å²) in [6.07, 6.45) is 0. The van der Waals surface area contributed by atoms with Crippen molar-refractivity contribution in [3.05, 3.63) is 65.7 Å². The Morgan fingerprint density at radius 3 is 2.00 bits per heavy atom. The summed E-state index contributed by atoms with van der Waals surface area (Å²) in [6, 6.07) is 12.7. The molecule has 3 rings (SSSR count). The Hall–Kier alpha value is -1.94. The summed E-state index contributed by atoms with van der Waals surface area (Å²) in [5, 5.41) is 0. The third-order valence-electron chi connectivity index (χ3n) is 4.23. The minimum atomic E-state index is -0.397. The van der Waals surface area contributed by atoms with E-state index in [0.717, 1.165) is 11.3 Å². The quantitative estimate of drug-likeness (QED) is 0.912. The van der Waals surface area contributed by atoms with Crippen molar-refractivity contribution < 1.29 is 8.78 Å². The summed E-state index contributed by atoms with van der Waals surface area (Å²) >= 11 is 0. The number of hydrogen-bond acceptors (Lipinski definition) is 2. The van der Waals surface area contributed by atoms with Crippen molar-refractivity contribution in [2.75, 3.05) is 11.4 Å². The Morgan fingerprint density at radius 2 is 1.50 bits per heavy atom. The second-order valence-electron chi connectivity index (χ2n) is 5.35. The van der Waals surface area contributed by atoms with E-state index in [1.165, 1.54) is 24.3 Å². The van der Waals surface area contributed by atoms with Gasteiger partial charge in [-0.2, -0.15) is 0 Å². The van der Waals surface area contributed by atoms with Crippen LogP contribution in [0.5, 0.6) is 0 Å².